The monoisotopic (exact) mass is 558 g/mol. The summed E-state index contributed by atoms with van der Waals surface area (Å²) in [5.41, 5.74) is 0.378. The predicted molar refractivity (Wildman–Crippen MR) is 143 cm³/mol. The van der Waals surface area contributed by atoms with E-state index >= 15 is 8.78 Å². The average Bonchev–Trinajstić information content (AvgIpc) is 3.80. The van der Waals surface area contributed by atoms with Crippen molar-refractivity contribution >= 4 is 0 Å². The van der Waals surface area contributed by atoms with E-state index in [2.05, 4.69) is 0 Å². The van der Waals surface area contributed by atoms with E-state index in [0.29, 0.717) is 56.3 Å². The zero-order chi connectivity index (χ0) is 28.4. The van der Waals surface area contributed by atoms with Crippen LogP contribution in [0, 0.1) is 40.8 Å². The summed E-state index contributed by atoms with van der Waals surface area (Å²) >= 11 is 0. The Morgan fingerprint density at radius 3 is 1.80 bits per heavy atom. The highest BCUT2D eigenvalue weighted by Gasteiger charge is 2.32. The number of aryl methyl sites for hydroxylation is 2. The average molecular weight is 559 g/mol. The van der Waals surface area contributed by atoms with Crippen LogP contribution in [0.4, 0.5) is 26.3 Å². The second kappa shape index (κ2) is 12.2. The summed E-state index contributed by atoms with van der Waals surface area (Å²) in [6.07, 6.45) is 8.26. The van der Waals surface area contributed by atoms with Crippen LogP contribution < -0.4 is 0 Å². The fraction of sp³-hybridized carbons (Fsp3) is 0.394. The molecule has 1 nitrogen and oxygen atoms in total. The molecule has 0 bridgehead atoms. The number of benzene rings is 3. The van der Waals surface area contributed by atoms with Gasteiger partial charge in [0.05, 0.1) is 6.61 Å². The highest BCUT2D eigenvalue weighted by Crippen LogP contribution is 2.41. The van der Waals surface area contributed by atoms with Crippen LogP contribution in [0.5, 0.6) is 0 Å². The summed E-state index contributed by atoms with van der Waals surface area (Å²) in [6.45, 7) is 2.19. The Labute approximate surface area is 230 Å². The molecule has 1 saturated heterocycles. The van der Waals surface area contributed by atoms with Crippen LogP contribution in [0.15, 0.2) is 48.6 Å². The van der Waals surface area contributed by atoms with Crippen molar-refractivity contribution in [2.24, 2.45) is 5.92 Å². The lowest BCUT2D eigenvalue weighted by Crippen LogP contribution is -2.16. The number of ether oxygens (including phenoxy) is 1. The molecule has 1 atom stereocenters. The molecule has 2 fully saturated rings. The maximum atomic E-state index is 15.2. The van der Waals surface area contributed by atoms with Gasteiger partial charge in [0.2, 0.25) is 0 Å². The maximum absolute atomic E-state index is 15.2. The number of hydrogen-bond acceptors (Lipinski definition) is 1. The van der Waals surface area contributed by atoms with Crippen LogP contribution in [-0.2, 0) is 17.6 Å². The highest BCUT2D eigenvalue weighted by molar-refractivity contribution is 5.66. The van der Waals surface area contributed by atoms with Crippen LogP contribution in [-0.4, -0.2) is 6.61 Å². The number of allylic oxidation sites excluding steroid dienone is 2. The van der Waals surface area contributed by atoms with Crippen LogP contribution in [0.1, 0.15) is 79.7 Å². The first-order valence-electron chi connectivity index (χ1n) is 13.9. The lowest BCUT2D eigenvalue weighted by Gasteiger charge is -2.29. The molecule has 0 spiro atoms. The molecule has 5 rings (SSSR count). The van der Waals surface area contributed by atoms with E-state index in [-0.39, 0.29) is 34.1 Å². The number of epoxide rings is 1. The van der Waals surface area contributed by atoms with E-state index in [1.54, 1.807) is 12.1 Å². The van der Waals surface area contributed by atoms with Gasteiger partial charge in [0.25, 0.3) is 0 Å². The van der Waals surface area contributed by atoms with Crippen molar-refractivity contribution in [3.8, 4) is 11.1 Å². The lowest BCUT2D eigenvalue weighted by atomic mass is 9.76. The summed E-state index contributed by atoms with van der Waals surface area (Å²) in [4.78, 5) is 0. The van der Waals surface area contributed by atoms with Crippen molar-refractivity contribution < 1.29 is 31.1 Å². The van der Waals surface area contributed by atoms with Gasteiger partial charge in [0, 0.05) is 16.7 Å². The first kappa shape index (κ1) is 28.5. The summed E-state index contributed by atoms with van der Waals surface area (Å²) in [5.74, 6) is -6.06. The first-order valence-corrected chi connectivity index (χ1v) is 13.9. The van der Waals surface area contributed by atoms with E-state index in [0.717, 1.165) is 12.8 Å². The second-order valence-electron chi connectivity index (χ2n) is 10.9. The van der Waals surface area contributed by atoms with Gasteiger partial charge in [-0.15, -0.1) is 0 Å². The summed E-state index contributed by atoms with van der Waals surface area (Å²) in [7, 11) is 0. The van der Waals surface area contributed by atoms with Gasteiger partial charge in [0.15, 0.2) is 34.9 Å². The number of hydrogen-bond donors (Lipinski definition) is 0. The molecule has 3 aromatic carbocycles. The van der Waals surface area contributed by atoms with Gasteiger partial charge in [-0.3, -0.25) is 0 Å². The third-order valence-electron chi connectivity index (χ3n) is 8.36. The van der Waals surface area contributed by atoms with E-state index in [9.17, 15) is 17.6 Å². The number of rotatable bonds is 9. The molecule has 0 radical (unpaired) electrons. The van der Waals surface area contributed by atoms with Gasteiger partial charge < -0.3 is 4.74 Å². The first-order chi connectivity index (χ1) is 19.3. The van der Waals surface area contributed by atoms with Gasteiger partial charge in [-0.2, -0.15) is 0 Å². The van der Waals surface area contributed by atoms with Crippen molar-refractivity contribution in [3.63, 3.8) is 0 Å². The van der Waals surface area contributed by atoms with Crippen LogP contribution in [0.2, 0.25) is 0 Å². The smallest absolute Gasteiger partial charge is 0.167 e. The summed E-state index contributed by atoms with van der Waals surface area (Å²) in [5, 5.41) is 0. The van der Waals surface area contributed by atoms with Crippen LogP contribution in [0.25, 0.3) is 11.1 Å². The molecule has 40 heavy (non-hydrogen) atoms. The Morgan fingerprint density at radius 1 is 0.675 bits per heavy atom. The Hall–Kier alpha value is -3.06. The summed E-state index contributed by atoms with van der Waals surface area (Å²) < 4.78 is 93.5. The third kappa shape index (κ3) is 5.85. The van der Waals surface area contributed by atoms with E-state index < -0.39 is 41.0 Å². The molecule has 0 aromatic heterocycles. The topological polar surface area (TPSA) is 12.5 Å². The fourth-order valence-corrected chi connectivity index (χ4v) is 5.88. The zero-order valence-corrected chi connectivity index (χ0v) is 22.4. The predicted octanol–water partition coefficient (Wildman–Crippen LogP) is 9.67. The Kier molecular flexibility index (Phi) is 8.69. The van der Waals surface area contributed by atoms with Crippen molar-refractivity contribution in [1.82, 2.24) is 0 Å². The molecule has 1 saturated carbocycles. The van der Waals surface area contributed by atoms with Gasteiger partial charge in [-0.25, -0.2) is 26.3 Å². The van der Waals surface area contributed by atoms with Crippen molar-refractivity contribution in [2.75, 3.05) is 6.61 Å². The molecule has 1 heterocycles. The molecule has 3 aromatic rings. The highest BCUT2D eigenvalue weighted by atomic mass is 19.2. The van der Waals surface area contributed by atoms with Gasteiger partial charge in [-0.1, -0.05) is 48.6 Å². The van der Waals surface area contributed by atoms with Gasteiger partial charge >= 0.3 is 0 Å². The minimum absolute atomic E-state index is 0.0699. The normalized spacial score (nSPS) is 20.8. The molecule has 1 aliphatic carbocycles. The Bertz CT molecular complexity index is 1400. The van der Waals surface area contributed by atoms with Crippen LogP contribution in [0.3, 0.4) is 0 Å². The molecule has 1 aliphatic heterocycles. The number of halogens is 6. The standard InChI is InChI=1S/C33H32F6O/c1-2-3-4-5-21-12-13-22(29(35)28(21)34)11-8-19-6-9-20(10-7-19)23-14-15-24(31(37)30(23)36)25-16-17-26(27-18-40-27)33(39)32(25)38/h2-3,12-17,19-20,27H,4-11,18H2,1H3/b3-2+. The molecular weight excluding hydrogens is 526 g/mol. The SMILES string of the molecule is C/C=C/CCc1ccc(CCC2CCC(c3ccc(-c4ccc(C5CO5)c(F)c4F)c(F)c3F)CC2)c(F)c1F. The Morgan fingerprint density at radius 2 is 1.23 bits per heavy atom. The largest absolute Gasteiger partial charge is 0.368 e. The maximum Gasteiger partial charge on any atom is 0.167 e. The Balaban J connectivity index is 1.21. The summed E-state index contributed by atoms with van der Waals surface area (Å²) in [6, 6.07) is 8.69. The molecule has 0 N–H and O–H groups in total. The van der Waals surface area contributed by atoms with Gasteiger partial charge in [0.1, 0.15) is 6.10 Å². The lowest BCUT2D eigenvalue weighted by molar-refractivity contribution is 0.303. The second-order valence-corrected chi connectivity index (χ2v) is 10.9. The van der Waals surface area contributed by atoms with E-state index in [4.69, 9.17) is 4.74 Å². The van der Waals surface area contributed by atoms with Crippen molar-refractivity contribution in [2.45, 2.75) is 70.3 Å². The molecule has 212 valence electrons. The van der Waals surface area contributed by atoms with Crippen LogP contribution >= 0.6 is 0 Å². The molecule has 1 unspecified atom stereocenters. The van der Waals surface area contributed by atoms with E-state index in [1.807, 2.05) is 19.1 Å². The molecule has 0 amide bonds. The van der Waals surface area contributed by atoms with Gasteiger partial charge in [-0.05, 0) is 86.8 Å². The quantitative estimate of drug-likeness (QED) is 0.145. The minimum Gasteiger partial charge on any atom is -0.368 e. The zero-order valence-electron chi connectivity index (χ0n) is 22.4. The van der Waals surface area contributed by atoms with Crippen molar-refractivity contribution in [1.29, 1.82) is 0 Å². The fourth-order valence-electron chi connectivity index (χ4n) is 5.88. The molecule has 7 heteroatoms. The minimum atomic E-state index is -1.22. The van der Waals surface area contributed by atoms with Crippen molar-refractivity contribution in [3.05, 3.63) is 106 Å². The van der Waals surface area contributed by atoms with E-state index in [1.165, 1.54) is 24.3 Å². The molecular formula is C33H32F6O. The molecule has 2 aliphatic rings. The third-order valence-corrected chi connectivity index (χ3v) is 8.36.